The Hall–Kier alpha value is -4.56. The van der Waals surface area contributed by atoms with Crippen molar-refractivity contribution in [3.63, 3.8) is 0 Å². The minimum atomic E-state index is -1.59. The van der Waals surface area contributed by atoms with E-state index < -0.39 is 60.2 Å². The van der Waals surface area contributed by atoms with Gasteiger partial charge in [0.2, 0.25) is 17.7 Å². The number of H-pyrrole nitrogens is 1. The molecule has 0 bridgehead atoms. The molecule has 0 aliphatic rings. The molecule has 3 aromatic rings. The Morgan fingerprint density at radius 2 is 1.44 bits per heavy atom. The summed E-state index contributed by atoms with van der Waals surface area (Å²) in [5.74, 6) is -5.64. The zero-order chi connectivity index (χ0) is 30.1. The summed E-state index contributed by atoms with van der Waals surface area (Å²) in [5.41, 5.74) is 8.19. The minimum Gasteiger partial charge on any atom is -0.508 e. The highest BCUT2D eigenvalue weighted by atomic mass is 32.1. The maximum Gasteiger partial charge on any atom is 0.327 e. The van der Waals surface area contributed by atoms with Crippen LogP contribution in [0.5, 0.6) is 5.75 Å². The minimum absolute atomic E-state index is 0.0342. The van der Waals surface area contributed by atoms with Crippen molar-refractivity contribution in [3.05, 3.63) is 65.9 Å². The van der Waals surface area contributed by atoms with Crippen LogP contribution in [0.15, 0.2) is 54.7 Å². The van der Waals surface area contributed by atoms with Crippen LogP contribution in [0, 0.1) is 0 Å². The fourth-order valence-electron chi connectivity index (χ4n) is 4.10. The van der Waals surface area contributed by atoms with Crippen LogP contribution in [-0.2, 0) is 36.8 Å². The van der Waals surface area contributed by atoms with Gasteiger partial charge in [0.1, 0.15) is 23.9 Å². The summed E-state index contributed by atoms with van der Waals surface area (Å²) in [5, 5.41) is 36.1. The molecule has 13 nitrogen and oxygen atoms in total. The van der Waals surface area contributed by atoms with Gasteiger partial charge >= 0.3 is 11.9 Å². The van der Waals surface area contributed by atoms with Crippen LogP contribution in [0.2, 0.25) is 0 Å². The fraction of sp³-hybridized carbons (Fsp3) is 0.296. The van der Waals surface area contributed by atoms with Gasteiger partial charge in [0.05, 0.1) is 12.5 Å². The first-order valence-electron chi connectivity index (χ1n) is 12.5. The predicted molar refractivity (Wildman–Crippen MR) is 151 cm³/mol. The van der Waals surface area contributed by atoms with Gasteiger partial charge in [-0.3, -0.25) is 19.2 Å². The highest BCUT2D eigenvalue weighted by molar-refractivity contribution is 7.80. The number of carbonyl (C=O) groups is 5. The number of benzene rings is 2. The van der Waals surface area contributed by atoms with E-state index in [0.717, 1.165) is 16.5 Å². The number of nitrogens with one attached hydrogen (secondary N) is 4. The fourth-order valence-corrected chi connectivity index (χ4v) is 4.35. The van der Waals surface area contributed by atoms with Crippen LogP contribution in [-0.4, -0.2) is 79.9 Å². The molecule has 218 valence electrons. The summed E-state index contributed by atoms with van der Waals surface area (Å²) < 4.78 is 0. The highest BCUT2D eigenvalue weighted by Gasteiger charge is 2.31. The van der Waals surface area contributed by atoms with E-state index in [-0.39, 0.29) is 24.3 Å². The molecule has 9 N–H and O–H groups in total. The normalized spacial score (nSPS) is 13.9. The van der Waals surface area contributed by atoms with Crippen molar-refractivity contribution < 1.29 is 39.3 Å². The number of nitrogens with two attached hydrogens (primary N) is 1. The zero-order valence-electron chi connectivity index (χ0n) is 21.7. The first-order chi connectivity index (χ1) is 19.5. The molecule has 14 heteroatoms. The van der Waals surface area contributed by atoms with Crippen LogP contribution in [0.25, 0.3) is 10.9 Å². The number of hydrogen-bond donors (Lipinski definition) is 9. The second-order valence-electron chi connectivity index (χ2n) is 9.34. The van der Waals surface area contributed by atoms with Gasteiger partial charge in [-0.25, -0.2) is 4.79 Å². The molecule has 0 saturated carbocycles. The molecule has 1 heterocycles. The van der Waals surface area contributed by atoms with E-state index in [1.165, 1.54) is 24.3 Å². The Balaban J connectivity index is 1.76. The molecule has 0 radical (unpaired) electrons. The largest absolute Gasteiger partial charge is 0.508 e. The highest BCUT2D eigenvalue weighted by Crippen LogP contribution is 2.19. The molecule has 0 aliphatic heterocycles. The van der Waals surface area contributed by atoms with Crippen LogP contribution in [0.1, 0.15) is 17.5 Å². The van der Waals surface area contributed by atoms with Gasteiger partial charge in [-0.2, -0.15) is 12.6 Å². The number of amides is 3. The Morgan fingerprint density at radius 3 is 2.07 bits per heavy atom. The molecule has 0 unspecified atom stereocenters. The van der Waals surface area contributed by atoms with E-state index in [1.54, 1.807) is 6.20 Å². The molecule has 0 spiro atoms. The van der Waals surface area contributed by atoms with Crippen molar-refractivity contribution in [3.8, 4) is 5.75 Å². The van der Waals surface area contributed by atoms with Crippen LogP contribution in [0.4, 0.5) is 0 Å². The number of phenols is 1. The monoisotopic (exact) mass is 585 g/mol. The maximum atomic E-state index is 13.2. The maximum absolute atomic E-state index is 13.2. The summed E-state index contributed by atoms with van der Waals surface area (Å²) in [6.07, 6.45) is 0.869. The molecule has 3 rings (SSSR count). The van der Waals surface area contributed by atoms with Gasteiger partial charge < -0.3 is 42.0 Å². The number of para-hydroxylation sites is 1. The SMILES string of the molecule is N[C@@H](Cc1c[nH]c2ccccc12)C(=O)N[C@@H](CC(=O)O)C(=O)N[C@@H](Cc1ccc(O)cc1)C(=O)N[C@@H](CS)C(=O)O. The molecule has 0 fully saturated rings. The van der Waals surface area contributed by atoms with E-state index in [1.807, 2.05) is 24.3 Å². The molecule has 2 aromatic carbocycles. The van der Waals surface area contributed by atoms with Crippen LogP contribution in [0.3, 0.4) is 0 Å². The second kappa shape index (κ2) is 14.2. The topological polar surface area (TPSA) is 224 Å². The lowest BCUT2D eigenvalue weighted by Gasteiger charge is -2.24. The molecule has 0 saturated heterocycles. The Morgan fingerprint density at radius 1 is 0.829 bits per heavy atom. The third-order valence-corrected chi connectivity index (χ3v) is 6.63. The average molecular weight is 586 g/mol. The number of aromatic nitrogens is 1. The molecule has 0 aliphatic carbocycles. The number of carboxylic acids is 2. The number of aromatic amines is 1. The molecular formula is C27H31N5O8S. The summed E-state index contributed by atoms with van der Waals surface area (Å²) in [6, 6.07) is 7.67. The van der Waals surface area contributed by atoms with E-state index in [0.29, 0.717) is 5.56 Å². The Kier molecular flexibility index (Phi) is 10.7. The smallest absolute Gasteiger partial charge is 0.327 e. The number of fused-ring (bicyclic) bond motifs is 1. The van der Waals surface area contributed by atoms with Gasteiger partial charge in [-0.05, 0) is 35.7 Å². The third kappa shape index (κ3) is 8.71. The number of aromatic hydroxyl groups is 1. The number of carbonyl (C=O) groups excluding carboxylic acids is 3. The predicted octanol–water partition coefficient (Wildman–Crippen LogP) is -0.0705. The van der Waals surface area contributed by atoms with Gasteiger partial charge in [0.15, 0.2) is 0 Å². The van der Waals surface area contributed by atoms with Gasteiger partial charge in [-0.1, -0.05) is 30.3 Å². The van der Waals surface area contributed by atoms with Gasteiger partial charge in [0, 0.05) is 29.3 Å². The lowest BCUT2D eigenvalue weighted by molar-refractivity contribution is -0.142. The van der Waals surface area contributed by atoms with E-state index >= 15 is 0 Å². The molecular weight excluding hydrogens is 554 g/mol. The number of hydrogen-bond acceptors (Lipinski definition) is 8. The second-order valence-corrected chi connectivity index (χ2v) is 9.71. The van der Waals surface area contributed by atoms with Gasteiger partial charge in [0.25, 0.3) is 0 Å². The summed E-state index contributed by atoms with van der Waals surface area (Å²) >= 11 is 3.92. The van der Waals surface area contributed by atoms with Crippen molar-refractivity contribution in [2.24, 2.45) is 5.73 Å². The first-order valence-corrected chi connectivity index (χ1v) is 13.2. The summed E-state index contributed by atoms with van der Waals surface area (Å²) in [4.78, 5) is 65.1. The van der Waals surface area contributed by atoms with Gasteiger partial charge in [-0.15, -0.1) is 0 Å². The van der Waals surface area contributed by atoms with Crippen molar-refractivity contribution in [1.82, 2.24) is 20.9 Å². The van der Waals surface area contributed by atoms with Crippen LogP contribution >= 0.6 is 12.6 Å². The standard InChI is InChI=1S/C27H31N5O8S/c28-18(10-15-12-29-19-4-2-1-3-17(15)19)24(36)30-21(11-23(34)35)26(38)31-20(9-14-5-7-16(33)8-6-14)25(37)32-22(13-41)27(39)40/h1-8,12,18,20-22,29,33,41H,9-11,13,28H2,(H,30,36)(H,31,38)(H,32,37)(H,34,35)(H,39,40)/t18-,20-,21-,22-/m0/s1. The van der Waals surface area contributed by atoms with E-state index in [4.69, 9.17) is 5.73 Å². The van der Waals surface area contributed by atoms with E-state index in [2.05, 4.69) is 33.6 Å². The lowest BCUT2D eigenvalue weighted by atomic mass is 10.0. The van der Waals surface area contributed by atoms with Crippen molar-refractivity contribution in [2.75, 3.05) is 5.75 Å². The molecule has 3 amide bonds. The third-order valence-electron chi connectivity index (χ3n) is 6.27. The van der Waals surface area contributed by atoms with Crippen LogP contribution < -0.4 is 21.7 Å². The lowest BCUT2D eigenvalue weighted by Crippen LogP contribution is -2.58. The average Bonchev–Trinajstić information content (AvgIpc) is 3.34. The van der Waals surface area contributed by atoms with Crippen molar-refractivity contribution in [2.45, 2.75) is 43.4 Å². The number of aliphatic carboxylic acids is 2. The number of thiol groups is 1. The molecule has 41 heavy (non-hydrogen) atoms. The van der Waals surface area contributed by atoms with E-state index in [9.17, 15) is 39.3 Å². The quantitative estimate of drug-likeness (QED) is 0.115. The number of rotatable bonds is 14. The Bertz CT molecular complexity index is 1410. The number of phenolic OH excluding ortho intramolecular Hbond substituents is 1. The molecule has 1 aromatic heterocycles. The number of carboxylic acid groups (broad SMARTS) is 2. The summed E-state index contributed by atoms with van der Waals surface area (Å²) in [6.45, 7) is 0. The van der Waals surface area contributed by atoms with Crippen molar-refractivity contribution >= 4 is 53.2 Å². The Labute approximate surface area is 239 Å². The zero-order valence-corrected chi connectivity index (χ0v) is 22.6. The summed E-state index contributed by atoms with van der Waals surface area (Å²) in [7, 11) is 0. The van der Waals surface area contributed by atoms with Crippen molar-refractivity contribution in [1.29, 1.82) is 0 Å². The first kappa shape index (κ1) is 31.0. The molecule has 4 atom stereocenters.